The molecule has 0 amide bonds. The van der Waals surface area contributed by atoms with E-state index in [1.54, 1.807) is 31.5 Å². The quantitative estimate of drug-likeness (QED) is 0.521. The van der Waals surface area contributed by atoms with Crippen molar-refractivity contribution in [3.8, 4) is 0 Å². The van der Waals surface area contributed by atoms with Gasteiger partial charge in [-0.1, -0.05) is 0 Å². The van der Waals surface area contributed by atoms with Crippen LogP contribution in [0.2, 0.25) is 0 Å². The first-order valence-electron chi connectivity index (χ1n) is 10.5. The van der Waals surface area contributed by atoms with E-state index in [1.807, 2.05) is 13.8 Å². The number of fused-ring (bicyclic) bond motifs is 3. The van der Waals surface area contributed by atoms with Gasteiger partial charge in [-0.3, -0.25) is 4.79 Å². The summed E-state index contributed by atoms with van der Waals surface area (Å²) >= 11 is 0. The third-order valence-electron chi connectivity index (χ3n) is 6.64. The van der Waals surface area contributed by atoms with Crippen LogP contribution in [0.25, 0.3) is 10.8 Å². The van der Waals surface area contributed by atoms with Gasteiger partial charge in [0.1, 0.15) is 17.2 Å². The Labute approximate surface area is 184 Å². The standard InChI is InChI=1S/C23H25N5O4/c1-22(2)23(6-7-23)19-12(21(30)32-22)4-5-17(28-19)27-18-8-13-14(16(24)11-31-3)9-26-20(29)15(13)10-25-18/h4-5,8-10,16H,6-7,11,24H2,1-3H3,(H,26,29)(H,25,27,28). The summed E-state index contributed by atoms with van der Waals surface area (Å²) in [5.74, 6) is 0.741. The maximum atomic E-state index is 12.5. The van der Waals surface area contributed by atoms with E-state index in [9.17, 15) is 9.59 Å². The summed E-state index contributed by atoms with van der Waals surface area (Å²) in [6.45, 7) is 4.19. The number of aromatic nitrogens is 3. The Morgan fingerprint density at radius 3 is 2.75 bits per heavy atom. The number of carbonyl (C=O) groups excluding carboxylic acids is 1. The smallest absolute Gasteiger partial charge is 0.340 e. The molecule has 2 aliphatic rings. The van der Waals surface area contributed by atoms with Crippen LogP contribution in [0.5, 0.6) is 0 Å². The summed E-state index contributed by atoms with van der Waals surface area (Å²) in [5, 5.41) is 4.35. The van der Waals surface area contributed by atoms with E-state index in [0.717, 1.165) is 24.1 Å². The van der Waals surface area contributed by atoms with Crippen molar-refractivity contribution in [2.45, 2.75) is 43.7 Å². The normalized spacial score (nSPS) is 18.8. The number of anilines is 2. The van der Waals surface area contributed by atoms with E-state index in [2.05, 4.69) is 15.3 Å². The van der Waals surface area contributed by atoms with Gasteiger partial charge in [0.2, 0.25) is 0 Å². The number of rotatable bonds is 5. The molecule has 1 unspecified atom stereocenters. The van der Waals surface area contributed by atoms with Crippen LogP contribution < -0.4 is 16.6 Å². The molecule has 4 heterocycles. The third kappa shape index (κ3) is 3.08. The number of nitrogens with two attached hydrogens (primary N) is 1. The van der Waals surface area contributed by atoms with Crippen LogP contribution in [-0.4, -0.2) is 40.2 Å². The average Bonchev–Trinajstić information content (AvgIpc) is 3.55. The monoisotopic (exact) mass is 435 g/mol. The van der Waals surface area contributed by atoms with Crippen LogP contribution in [0.1, 0.15) is 54.3 Å². The first-order chi connectivity index (χ1) is 15.3. The maximum Gasteiger partial charge on any atom is 0.340 e. The van der Waals surface area contributed by atoms with Crippen LogP contribution in [0.4, 0.5) is 11.6 Å². The number of hydrogen-bond donors (Lipinski definition) is 3. The molecule has 3 aromatic heterocycles. The van der Waals surface area contributed by atoms with Gasteiger partial charge in [0.15, 0.2) is 0 Å². The molecule has 32 heavy (non-hydrogen) atoms. The topological polar surface area (TPSA) is 132 Å². The van der Waals surface area contributed by atoms with Crippen molar-refractivity contribution >= 4 is 28.4 Å². The molecule has 3 aromatic rings. The van der Waals surface area contributed by atoms with E-state index in [4.69, 9.17) is 20.2 Å². The summed E-state index contributed by atoms with van der Waals surface area (Å²) in [6, 6.07) is 4.85. The maximum absolute atomic E-state index is 12.5. The Morgan fingerprint density at radius 2 is 2.03 bits per heavy atom. The fraction of sp³-hybridized carbons (Fsp3) is 0.391. The zero-order chi connectivity index (χ0) is 22.7. The first kappa shape index (κ1) is 20.6. The number of carbonyl (C=O) groups is 1. The highest BCUT2D eigenvalue weighted by molar-refractivity contribution is 5.93. The van der Waals surface area contributed by atoms with Crippen molar-refractivity contribution < 1.29 is 14.3 Å². The number of nitrogens with zero attached hydrogens (tertiary/aromatic N) is 2. The van der Waals surface area contributed by atoms with E-state index < -0.39 is 11.6 Å². The van der Waals surface area contributed by atoms with Crippen LogP contribution in [0, 0.1) is 0 Å². The molecular formula is C23H25N5O4. The van der Waals surface area contributed by atoms with Crippen LogP contribution >= 0.6 is 0 Å². The van der Waals surface area contributed by atoms with Crippen molar-refractivity contribution in [2.24, 2.45) is 5.73 Å². The fourth-order valence-corrected chi connectivity index (χ4v) is 4.64. The minimum atomic E-state index is -0.600. The molecule has 1 fully saturated rings. The fourth-order valence-electron chi connectivity index (χ4n) is 4.64. The second kappa shape index (κ2) is 7.11. The summed E-state index contributed by atoms with van der Waals surface area (Å²) < 4.78 is 10.9. The Balaban J connectivity index is 1.54. The molecule has 1 spiro atoms. The van der Waals surface area contributed by atoms with E-state index in [1.165, 1.54) is 6.20 Å². The molecule has 4 N–H and O–H groups in total. The lowest BCUT2D eigenvalue weighted by molar-refractivity contribution is -0.0285. The molecule has 9 heteroatoms. The molecular weight excluding hydrogens is 410 g/mol. The zero-order valence-corrected chi connectivity index (χ0v) is 18.2. The summed E-state index contributed by atoms with van der Waals surface area (Å²) in [7, 11) is 1.58. The second-order valence-electron chi connectivity index (χ2n) is 8.95. The molecule has 1 aliphatic carbocycles. The molecule has 0 bridgehead atoms. The van der Waals surface area contributed by atoms with Gasteiger partial charge in [-0.15, -0.1) is 0 Å². The zero-order valence-electron chi connectivity index (χ0n) is 18.2. The van der Waals surface area contributed by atoms with Gasteiger partial charge in [0, 0.05) is 19.5 Å². The molecule has 1 aliphatic heterocycles. The van der Waals surface area contributed by atoms with Crippen molar-refractivity contribution in [2.75, 3.05) is 19.0 Å². The molecule has 0 aromatic carbocycles. The summed E-state index contributed by atoms with van der Waals surface area (Å²) in [4.78, 5) is 36.6. The first-order valence-corrected chi connectivity index (χ1v) is 10.5. The minimum Gasteiger partial charge on any atom is -0.455 e. The lowest BCUT2D eigenvalue weighted by Gasteiger charge is -2.39. The number of esters is 1. The van der Waals surface area contributed by atoms with Gasteiger partial charge in [-0.2, -0.15) is 0 Å². The second-order valence-corrected chi connectivity index (χ2v) is 8.95. The Kier molecular flexibility index (Phi) is 4.58. The summed E-state index contributed by atoms with van der Waals surface area (Å²) in [5.41, 5.74) is 7.18. The van der Waals surface area contributed by atoms with Gasteiger partial charge in [0.25, 0.3) is 5.56 Å². The molecule has 1 saturated carbocycles. The largest absolute Gasteiger partial charge is 0.455 e. The molecule has 9 nitrogen and oxygen atoms in total. The van der Waals surface area contributed by atoms with Gasteiger partial charge in [0.05, 0.1) is 34.7 Å². The highest BCUT2D eigenvalue weighted by Crippen LogP contribution is 2.59. The lowest BCUT2D eigenvalue weighted by atomic mass is 9.80. The SMILES string of the molecule is COCC(N)c1c[nH]c(=O)c2cnc(Nc3ccc4c(n3)C3(CC3)C(C)(C)OC4=O)cc12. The molecule has 0 radical (unpaired) electrons. The van der Waals surface area contributed by atoms with Crippen molar-refractivity contribution in [1.29, 1.82) is 0 Å². The van der Waals surface area contributed by atoms with Gasteiger partial charge in [-0.05, 0) is 55.8 Å². The summed E-state index contributed by atoms with van der Waals surface area (Å²) in [6.07, 6.45) is 4.98. The highest BCUT2D eigenvalue weighted by Gasteiger charge is 2.63. The number of pyridine rings is 3. The number of methoxy groups -OCH3 is 1. The molecule has 1 atom stereocenters. The number of nitrogens with one attached hydrogen (secondary N) is 2. The number of hydrogen-bond acceptors (Lipinski definition) is 8. The average molecular weight is 435 g/mol. The Hall–Kier alpha value is -3.30. The van der Waals surface area contributed by atoms with Crippen molar-refractivity contribution in [3.05, 3.63) is 57.8 Å². The Bertz CT molecular complexity index is 1300. The van der Waals surface area contributed by atoms with Crippen LogP contribution in [0.15, 0.2) is 35.4 Å². The molecule has 5 rings (SSSR count). The number of H-pyrrole nitrogens is 1. The molecule has 166 valence electrons. The lowest BCUT2D eigenvalue weighted by Crippen LogP contribution is -2.46. The van der Waals surface area contributed by atoms with Crippen LogP contribution in [-0.2, 0) is 14.9 Å². The van der Waals surface area contributed by atoms with Gasteiger partial charge in [-0.25, -0.2) is 14.8 Å². The minimum absolute atomic E-state index is 0.240. The highest BCUT2D eigenvalue weighted by atomic mass is 16.6. The Morgan fingerprint density at radius 1 is 1.25 bits per heavy atom. The van der Waals surface area contributed by atoms with E-state index in [-0.39, 0.29) is 16.9 Å². The van der Waals surface area contributed by atoms with Gasteiger partial charge >= 0.3 is 5.97 Å². The van der Waals surface area contributed by atoms with Crippen LogP contribution in [0.3, 0.4) is 0 Å². The van der Waals surface area contributed by atoms with E-state index >= 15 is 0 Å². The number of aromatic amines is 1. The number of ether oxygens (including phenoxy) is 2. The van der Waals surface area contributed by atoms with Gasteiger partial charge < -0.3 is 25.5 Å². The predicted octanol–water partition coefficient (Wildman–Crippen LogP) is 2.69. The van der Waals surface area contributed by atoms with Crippen molar-refractivity contribution in [1.82, 2.24) is 15.0 Å². The third-order valence-corrected chi connectivity index (χ3v) is 6.64. The molecule has 0 saturated heterocycles. The predicted molar refractivity (Wildman–Crippen MR) is 119 cm³/mol. The van der Waals surface area contributed by atoms with E-state index in [0.29, 0.717) is 34.6 Å². The number of cyclic esters (lactones) is 1. The van der Waals surface area contributed by atoms with Crippen molar-refractivity contribution in [3.63, 3.8) is 0 Å².